The van der Waals surface area contributed by atoms with Gasteiger partial charge in [-0.3, -0.25) is 9.59 Å². The zero-order valence-corrected chi connectivity index (χ0v) is 16.0. The van der Waals surface area contributed by atoms with Crippen LogP contribution in [0, 0.1) is 5.82 Å². The maximum absolute atomic E-state index is 14.3. The number of piperazine rings is 1. The Morgan fingerprint density at radius 3 is 2.32 bits per heavy atom. The van der Waals surface area contributed by atoms with E-state index in [0.29, 0.717) is 48.9 Å². The molecule has 0 atom stereocenters. The molecule has 2 aromatic carbocycles. The maximum Gasteiger partial charge on any atom is 0.260 e. The summed E-state index contributed by atoms with van der Waals surface area (Å²) in [5, 5.41) is 0. The number of anilines is 1. The van der Waals surface area contributed by atoms with Crippen molar-refractivity contribution in [3.63, 3.8) is 0 Å². The van der Waals surface area contributed by atoms with Crippen LogP contribution in [-0.4, -0.2) is 56.5 Å². The van der Waals surface area contributed by atoms with Crippen molar-refractivity contribution in [3.05, 3.63) is 53.8 Å². The topological polar surface area (TPSA) is 59.1 Å². The third-order valence-corrected chi connectivity index (χ3v) is 4.75. The van der Waals surface area contributed by atoms with Gasteiger partial charge in [0.1, 0.15) is 5.82 Å². The van der Waals surface area contributed by atoms with Gasteiger partial charge in [0, 0.05) is 31.7 Å². The minimum atomic E-state index is -0.424. The van der Waals surface area contributed by atoms with Gasteiger partial charge in [-0.2, -0.15) is 0 Å². The smallest absolute Gasteiger partial charge is 0.260 e. The van der Waals surface area contributed by atoms with Crippen molar-refractivity contribution in [2.75, 3.05) is 44.8 Å². The highest BCUT2D eigenvalue weighted by atomic mass is 19.1. The molecule has 7 heteroatoms. The molecule has 0 aromatic heterocycles. The van der Waals surface area contributed by atoms with E-state index in [4.69, 9.17) is 9.47 Å². The normalized spacial score (nSPS) is 14.0. The first-order valence-corrected chi connectivity index (χ1v) is 9.08. The standard InChI is InChI=1S/C21H23FN2O4/c1-15(25)16-7-8-18(17(22)13-16)23-9-11-24(12-10-23)21(26)14-28-20-6-4-3-5-19(20)27-2/h3-8,13H,9-12,14H2,1-2H3. The zero-order valence-electron chi connectivity index (χ0n) is 16.0. The molecule has 0 bridgehead atoms. The second-order valence-electron chi connectivity index (χ2n) is 6.53. The predicted octanol–water partition coefficient (Wildman–Crippen LogP) is 2.76. The molecule has 1 aliphatic rings. The molecule has 2 aromatic rings. The summed E-state index contributed by atoms with van der Waals surface area (Å²) in [5.41, 5.74) is 0.797. The Morgan fingerprint density at radius 1 is 1.04 bits per heavy atom. The first-order valence-electron chi connectivity index (χ1n) is 9.08. The molecule has 1 heterocycles. The number of ether oxygens (including phenoxy) is 2. The summed E-state index contributed by atoms with van der Waals surface area (Å²) < 4.78 is 25.1. The van der Waals surface area contributed by atoms with E-state index in [1.807, 2.05) is 17.0 Å². The van der Waals surface area contributed by atoms with E-state index >= 15 is 0 Å². The van der Waals surface area contributed by atoms with Gasteiger partial charge in [-0.15, -0.1) is 0 Å². The second kappa shape index (κ2) is 8.73. The van der Waals surface area contributed by atoms with E-state index in [2.05, 4.69) is 0 Å². The second-order valence-corrected chi connectivity index (χ2v) is 6.53. The average molecular weight is 386 g/mol. The van der Waals surface area contributed by atoms with Gasteiger partial charge in [0.05, 0.1) is 12.8 Å². The summed E-state index contributed by atoms with van der Waals surface area (Å²) in [6, 6.07) is 11.7. The van der Waals surface area contributed by atoms with E-state index in [1.54, 1.807) is 36.3 Å². The largest absolute Gasteiger partial charge is 0.493 e. The van der Waals surface area contributed by atoms with Gasteiger partial charge in [0.2, 0.25) is 0 Å². The lowest BCUT2D eigenvalue weighted by atomic mass is 10.1. The third kappa shape index (κ3) is 4.42. The lowest BCUT2D eigenvalue weighted by Crippen LogP contribution is -2.50. The van der Waals surface area contributed by atoms with E-state index in [-0.39, 0.29) is 18.3 Å². The molecule has 0 saturated carbocycles. The first-order chi connectivity index (χ1) is 13.5. The van der Waals surface area contributed by atoms with Gasteiger partial charge in [-0.1, -0.05) is 12.1 Å². The summed E-state index contributed by atoms with van der Waals surface area (Å²) in [6.45, 7) is 3.30. The van der Waals surface area contributed by atoms with Crippen LogP contribution in [0.2, 0.25) is 0 Å². The first kappa shape index (κ1) is 19.7. The molecule has 28 heavy (non-hydrogen) atoms. The number of nitrogens with zero attached hydrogens (tertiary/aromatic N) is 2. The van der Waals surface area contributed by atoms with Crippen molar-refractivity contribution in [1.82, 2.24) is 4.90 Å². The monoisotopic (exact) mass is 386 g/mol. The fraction of sp³-hybridized carbons (Fsp3) is 0.333. The molecule has 0 N–H and O–H groups in total. The van der Waals surface area contributed by atoms with Crippen molar-refractivity contribution >= 4 is 17.4 Å². The third-order valence-electron chi connectivity index (χ3n) is 4.75. The molecule has 0 aliphatic carbocycles. The van der Waals surface area contributed by atoms with E-state index in [1.165, 1.54) is 13.0 Å². The molecule has 0 spiro atoms. The van der Waals surface area contributed by atoms with Crippen LogP contribution in [-0.2, 0) is 4.79 Å². The number of carbonyl (C=O) groups excluding carboxylic acids is 2. The number of amides is 1. The molecular weight excluding hydrogens is 363 g/mol. The molecule has 1 aliphatic heterocycles. The number of hydrogen-bond donors (Lipinski definition) is 0. The van der Waals surface area contributed by atoms with Crippen molar-refractivity contribution in [1.29, 1.82) is 0 Å². The number of para-hydroxylation sites is 2. The molecule has 1 fully saturated rings. The molecule has 1 saturated heterocycles. The summed E-state index contributed by atoms with van der Waals surface area (Å²) in [4.78, 5) is 27.4. The summed E-state index contributed by atoms with van der Waals surface area (Å²) in [5.74, 6) is 0.370. The van der Waals surface area contributed by atoms with Crippen LogP contribution in [0.1, 0.15) is 17.3 Å². The summed E-state index contributed by atoms with van der Waals surface area (Å²) in [6.07, 6.45) is 0. The summed E-state index contributed by atoms with van der Waals surface area (Å²) >= 11 is 0. The lowest BCUT2D eigenvalue weighted by Gasteiger charge is -2.36. The predicted molar refractivity (Wildman–Crippen MR) is 104 cm³/mol. The molecule has 3 rings (SSSR count). The van der Waals surface area contributed by atoms with Crippen LogP contribution in [0.25, 0.3) is 0 Å². The van der Waals surface area contributed by atoms with Crippen LogP contribution in [0.4, 0.5) is 10.1 Å². The van der Waals surface area contributed by atoms with Crippen LogP contribution in [0.15, 0.2) is 42.5 Å². The lowest BCUT2D eigenvalue weighted by molar-refractivity contribution is -0.133. The Labute approximate surface area is 163 Å². The Hall–Kier alpha value is -3.09. The fourth-order valence-electron chi connectivity index (χ4n) is 3.15. The van der Waals surface area contributed by atoms with Gasteiger partial charge in [0.25, 0.3) is 5.91 Å². The SMILES string of the molecule is COc1ccccc1OCC(=O)N1CCN(c2ccc(C(C)=O)cc2F)CC1. The van der Waals surface area contributed by atoms with Crippen molar-refractivity contribution in [2.45, 2.75) is 6.92 Å². The van der Waals surface area contributed by atoms with Gasteiger partial charge in [0.15, 0.2) is 23.9 Å². The molecule has 0 radical (unpaired) electrons. The van der Waals surface area contributed by atoms with Gasteiger partial charge in [-0.25, -0.2) is 4.39 Å². The van der Waals surface area contributed by atoms with Crippen LogP contribution >= 0.6 is 0 Å². The van der Waals surface area contributed by atoms with Crippen LogP contribution < -0.4 is 14.4 Å². The van der Waals surface area contributed by atoms with Gasteiger partial charge in [-0.05, 0) is 37.3 Å². The van der Waals surface area contributed by atoms with E-state index < -0.39 is 5.82 Å². The number of methoxy groups -OCH3 is 1. The van der Waals surface area contributed by atoms with Gasteiger partial charge < -0.3 is 19.3 Å². The molecule has 6 nitrogen and oxygen atoms in total. The fourth-order valence-corrected chi connectivity index (χ4v) is 3.15. The Kier molecular flexibility index (Phi) is 6.13. The minimum Gasteiger partial charge on any atom is -0.493 e. The van der Waals surface area contributed by atoms with Crippen molar-refractivity contribution in [2.24, 2.45) is 0 Å². The Morgan fingerprint density at radius 2 is 1.71 bits per heavy atom. The number of ketones is 1. The average Bonchev–Trinajstić information content (AvgIpc) is 2.72. The molecule has 148 valence electrons. The molecular formula is C21H23FN2O4. The number of halogens is 1. The Balaban J connectivity index is 1.55. The highest BCUT2D eigenvalue weighted by molar-refractivity contribution is 5.94. The van der Waals surface area contributed by atoms with Gasteiger partial charge >= 0.3 is 0 Å². The Bertz CT molecular complexity index is 863. The summed E-state index contributed by atoms with van der Waals surface area (Å²) in [7, 11) is 1.55. The number of hydrogen-bond acceptors (Lipinski definition) is 5. The number of rotatable bonds is 6. The molecule has 1 amide bonds. The van der Waals surface area contributed by atoms with E-state index in [0.717, 1.165) is 0 Å². The highest BCUT2D eigenvalue weighted by Gasteiger charge is 2.23. The van der Waals surface area contributed by atoms with Crippen LogP contribution in [0.3, 0.4) is 0 Å². The number of Topliss-reactive ketones (excluding diaryl/α,β-unsaturated/α-hetero) is 1. The van der Waals surface area contributed by atoms with Crippen LogP contribution in [0.5, 0.6) is 11.5 Å². The van der Waals surface area contributed by atoms with Crippen molar-refractivity contribution < 1.29 is 23.5 Å². The number of carbonyl (C=O) groups is 2. The maximum atomic E-state index is 14.3. The van der Waals surface area contributed by atoms with E-state index in [9.17, 15) is 14.0 Å². The molecule has 0 unspecified atom stereocenters. The highest BCUT2D eigenvalue weighted by Crippen LogP contribution is 2.26. The minimum absolute atomic E-state index is 0.0813. The zero-order chi connectivity index (χ0) is 20.1. The number of benzene rings is 2. The quantitative estimate of drug-likeness (QED) is 0.715. The van der Waals surface area contributed by atoms with Crippen molar-refractivity contribution in [3.8, 4) is 11.5 Å².